The normalized spacial score (nSPS) is 13.4. The van der Waals surface area contributed by atoms with Crippen LogP contribution in [0, 0.1) is 18.6 Å². The number of ether oxygens (including phenoxy) is 1. The van der Waals surface area contributed by atoms with Crippen LogP contribution in [0.25, 0.3) is 0 Å². The molecule has 1 aromatic heterocycles. The Balaban J connectivity index is 1.78. The summed E-state index contributed by atoms with van der Waals surface area (Å²) in [5, 5.41) is 26.4. The van der Waals surface area contributed by atoms with E-state index >= 15 is 0 Å². The molecule has 3 aromatic rings. The molecule has 42 heavy (non-hydrogen) atoms. The molecule has 3 N–H and O–H groups in total. The first-order valence-corrected chi connectivity index (χ1v) is 15.1. The van der Waals surface area contributed by atoms with E-state index in [1.54, 1.807) is 35.3 Å². The summed E-state index contributed by atoms with van der Waals surface area (Å²) in [7, 11) is 0. The number of halogens is 2. The Labute approximate surface area is 250 Å². The molecule has 0 bridgehead atoms. The maximum Gasteiger partial charge on any atom is 0.253 e. The van der Waals surface area contributed by atoms with Gasteiger partial charge in [0.1, 0.15) is 23.8 Å². The van der Waals surface area contributed by atoms with Crippen molar-refractivity contribution in [2.75, 3.05) is 26.3 Å². The van der Waals surface area contributed by atoms with Gasteiger partial charge in [0.05, 0.1) is 19.3 Å². The molecular weight excluding hydrogens is 562 g/mol. The molecule has 10 heteroatoms. The number of hydrogen-bond acceptors (Lipinski definition) is 6. The molecular formula is C32H40F2N2O5S. The number of rotatable bonds is 16. The lowest BCUT2D eigenvalue weighted by Crippen LogP contribution is -2.51. The molecule has 0 fully saturated rings. The molecule has 0 radical (unpaired) electrons. The number of nitrogens with one attached hydrogen (secondary N) is 1. The fourth-order valence-corrected chi connectivity index (χ4v) is 5.46. The highest BCUT2D eigenvalue weighted by molar-refractivity contribution is 7.09. The number of carbonyl (C=O) groups is 2. The van der Waals surface area contributed by atoms with Gasteiger partial charge in [-0.2, -0.15) is 0 Å². The molecule has 0 aliphatic heterocycles. The summed E-state index contributed by atoms with van der Waals surface area (Å²) in [6, 6.07) is 10.6. The number of aryl methyl sites for hydroxylation is 1. The number of aliphatic hydroxyl groups is 2. The van der Waals surface area contributed by atoms with Gasteiger partial charge in [0.2, 0.25) is 0 Å². The van der Waals surface area contributed by atoms with E-state index in [0.717, 1.165) is 35.9 Å². The van der Waals surface area contributed by atoms with Gasteiger partial charge in [-0.15, -0.1) is 11.3 Å². The first kappa shape index (κ1) is 33.3. The van der Waals surface area contributed by atoms with Gasteiger partial charge >= 0.3 is 0 Å². The maximum atomic E-state index is 13.9. The second kappa shape index (κ2) is 16.5. The Morgan fingerprint density at radius 1 is 1.00 bits per heavy atom. The van der Waals surface area contributed by atoms with Crippen LogP contribution < -0.4 is 5.32 Å². The Morgan fingerprint density at radius 3 is 2.29 bits per heavy atom. The summed E-state index contributed by atoms with van der Waals surface area (Å²) in [6.07, 6.45) is -0.824. The predicted molar refractivity (Wildman–Crippen MR) is 160 cm³/mol. The van der Waals surface area contributed by atoms with Crippen LogP contribution in [0.2, 0.25) is 0 Å². The van der Waals surface area contributed by atoms with Crippen LogP contribution in [0.4, 0.5) is 8.78 Å². The average Bonchev–Trinajstić information content (AvgIpc) is 3.46. The van der Waals surface area contributed by atoms with Crippen molar-refractivity contribution in [3.63, 3.8) is 0 Å². The van der Waals surface area contributed by atoms with Crippen LogP contribution in [0.5, 0.6) is 0 Å². The zero-order valence-electron chi connectivity index (χ0n) is 24.3. The number of nitrogens with zero attached hydrogens (tertiary/aromatic N) is 1. The molecule has 0 saturated carbocycles. The van der Waals surface area contributed by atoms with Gasteiger partial charge in [0, 0.05) is 41.6 Å². The van der Waals surface area contributed by atoms with Gasteiger partial charge < -0.3 is 25.2 Å². The van der Waals surface area contributed by atoms with Crippen LogP contribution in [0.3, 0.4) is 0 Å². The lowest BCUT2D eigenvalue weighted by Gasteiger charge is -2.28. The Hall–Kier alpha value is -3.18. The highest BCUT2D eigenvalue weighted by atomic mass is 32.1. The molecule has 2 amide bonds. The van der Waals surface area contributed by atoms with E-state index in [0.29, 0.717) is 37.2 Å². The Kier molecular flexibility index (Phi) is 13.1. The zero-order valence-corrected chi connectivity index (χ0v) is 25.1. The fourth-order valence-electron chi connectivity index (χ4n) is 4.76. The molecule has 7 nitrogen and oxygen atoms in total. The monoisotopic (exact) mass is 602 g/mol. The summed E-state index contributed by atoms with van der Waals surface area (Å²) in [6.45, 7) is 7.06. The van der Waals surface area contributed by atoms with E-state index in [-0.39, 0.29) is 30.1 Å². The first-order valence-electron chi connectivity index (χ1n) is 14.2. The second-order valence-electron chi connectivity index (χ2n) is 10.4. The van der Waals surface area contributed by atoms with Crippen molar-refractivity contribution in [1.82, 2.24) is 10.2 Å². The summed E-state index contributed by atoms with van der Waals surface area (Å²) < 4.78 is 33.4. The summed E-state index contributed by atoms with van der Waals surface area (Å²) in [5.74, 6) is -2.38. The van der Waals surface area contributed by atoms with E-state index in [1.165, 1.54) is 6.07 Å². The number of benzene rings is 2. The minimum atomic E-state index is -1.52. The number of hydrogen-bond donors (Lipinski definition) is 3. The fraction of sp³-hybridized carbons (Fsp3) is 0.438. The van der Waals surface area contributed by atoms with Crippen molar-refractivity contribution in [3.05, 3.63) is 92.7 Å². The third-order valence-corrected chi connectivity index (χ3v) is 7.66. The topological polar surface area (TPSA) is 99.1 Å². The molecule has 3 atom stereocenters. The van der Waals surface area contributed by atoms with Gasteiger partial charge in [-0.25, -0.2) is 8.78 Å². The van der Waals surface area contributed by atoms with Crippen molar-refractivity contribution in [1.29, 1.82) is 0 Å². The van der Waals surface area contributed by atoms with E-state index < -0.39 is 35.8 Å². The third-order valence-electron chi connectivity index (χ3n) is 6.72. The maximum absolute atomic E-state index is 13.9. The van der Waals surface area contributed by atoms with Gasteiger partial charge in [-0.05, 0) is 79.1 Å². The average molecular weight is 603 g/mol. The van der Waals surface area contributed by atoms with Crippen LogP contribution in [0.1, 0.15) is 63.4 Å². The Bertz CT molecular complexity index is 1280. The molecule has 3 rings (SSSR count). The molecule has 0 aliphatic carbocycles. The summed E-state index contributed by atoms with van der Waals surface area (Å²) >= 11 is 1.59. The zero-order chi connectivity index (χ0) is 30.6. The van der Waals surface area contributed by atoms with Crippen molar-refractivity contribution in [3.8, 4) is 0 Å². The van der Waals surface area contributed by atoms with Crippen LogP contribution >= 0.6 is 11.3 Å². The predicted octanol–water partition coefficient (Wildman–Crippen LogP) is 4.92. The molecule has 0 spiro atoms. The minimum absolute atomic E-state index is 0.160. The molecule has 228 valence electrons. The highest BCUT2D eigenvalue weighted by Crippen LogP contribution is 2.17. The van der Waals surface area contributed by atoms with Gasteiger partial charge in [0.25, 0.3) is 11.8 Å². The van der Waals surface area contributed by atoms with Crippen molar-refractivity contribution in [2.45, 2.75) is 64.7 Å². The van der Waals surface area contributed by atoms with E-state index in [9.17, 15) is 28.6 Å². The molecule has 1 heterocycles. The smallest absolute Gasteiger partial charge is 0.253 e. The van der Waals surface area contributed by atoms with E-state index in [2.05, 4.69) is 5.32 Å². The van der Waals surface area contributed by atoms with Crippen molar-refractivity contribution in [2.24, 2.45) is 0 Å². The minimum Gasteiger partial charge on any atom is -0.388 e. The van der Waals surface area contributed by atoms with E-state index in [4.69, 9.17) is 4.74 Å². The summed E-state index contributed by atoms with van der Waals surface area (Å²) in [5.41, 5.74) is 1.45. The number of carbonyl (C=O) groups excluding carboxylic acids is 2. The van der Waals surface area contributed by atoms with Crippen LogP contribution in [-0.4, -0.2) is 71.5 Å². The highest BCUT2D eigenvalue weighted by Gasteiger charge is 2.29. The first-order chi connectivity index (χ1) is 20.1. The number of aliphatic hydroxyl groups excluding tert-OH is 2. The largest absolute Gasteiger partial charge is 0.388 e. The second-order valence-corrected chi connectivity index (χ2v) is 11.4. The standard InChI is InChI=1S/C32H40F2N2O5S/c1-4-9-36(10-5-2)32(40)24-14-21(3)13-23(18-24)31(39)35-28(17-22-15-25(33)19-26(34)16-22)30(38)29(37)20-41-11-8-27-7-6-12-42-27/h6-7,12-16,18-19,28-30,37-38H,4-5,8-11,17,20H2,1-3H3,(H,35,39)/t28-,29+,30+/m0/s1. The number of amides is 2. The quantitative estimate of drug-likeness (QED) is 0.202. The third kappa shape index (κ3) is 9.97. The van der Waals surface area contributed by atoms with Crippen LogP contribution in [-0.2, 0) is 17.6 Å². The van der Waals surface area contributed by atoms with E-state index in [1.807, 2.05) is 31.4 Å². The molecule has 2 aromatic carbocycles. The lowest BCUT2D eigenvalue weighted by molar-refractivity contribution is -0.0501. The molecule has 0 unspecified atom stereocenters. The lowest BCUT2D eigenvalue weighted by atomic mass is 9.96. The molecule has 0 aliphatic rings. The van der Waals surface area contributed by atoms with Crippen molar-refractivity contribution < 1.29 is 33.3 Å². The summed E-state index contributed by atoms with van der Waals surface area (Å²) in [4.78, 5) is 29.5. The Morgan fingerprint density at radius 2 is 1.67 bits per heavy atom. The van der Waals surface area contributed by atoms with Gasteiger partial charge in [-0.3, -0.25) is 9.59 Å². The SMILES string of the molecule is CCCN(CCC)C(=O)c1cc(C)cc(C(=O)N[C@@H](Cc2cc(F)cc(F)c2)[C@@H](O)[C@H](O)COCCc2cccs2)c1. The molecule has 0 saturated heterocycles. The van der Waals surface area contributed by atoms with Crippen LogP contribution in [0.15, 0.2) is 53.9 Å². The van der Waals surface area contributed by atoms with Crippen molar-refractivity contribution >= 4 is 23.2 Å². The van der Waals surface area contributed by atoms with Gasteiger partial charge in [0.15, 0.2) is 0 Å². The number of thiophene rings is 1. The van der Waals surface area contributed by atoms with Gasteiger partial charge in [-0.1, -0.05) is 19.9 Å².